The number of hydrogen-bond donors (Lipinski definition) is 0. The van der Waals surface area contributed by atoms with Crippen molar-refractivity contribution in [2.45, 2.75) is 6.92 Å². The Labute approximate surface area is 109 Å². The van der Waals surface area contributed by atoms with Crippen molar-refractivity contribution in [1.29, 1.82) is 0 Å². The summed E-state index contributed by atoms with van der Waals surface area (Å²) in [5, 5.41) is 7.94. The van der Waals surface area contributed by atoms with Crippen molar-refractivity contribution >= 4 is 23.2 Å². The van der Waals surface area contributed by atoms with Gasteiger partial charge in [0.1, 0.15) is 5.75 Å². The summed E-state index contributed by atoms with van der Waals surface area (Å²) in [6, 6.07) is 5.39. The normalized spacial score (nSPS) is 10.3. The number of nitrogens with zero attached hydrogens (tertiary/aromatic N) is 3. The van der Waals surface area contributed by atoms with Crippen LogP contribution in [0.3, 0.4) is 0 Å². The van der Waals surface area contributed by atoms with Gasteiger partial charge in [0.25, 0.3) is 0 Å². The third-order valence-electron chi connectivity index (χ3n) is 2.06. The number of aromatic nitrogens is 3. The van der Waals surface area contributed by atoms with E-state index in [1.165, 1.54) is 6.20 Å². The van der Waals surface area contributed by atoms with Crippen molar-refractivity contribution < 1.29 is 4.74 Å². The lowest BCUT2D eigenvalue weighted by Gasteiger charge is -2.07. The maximum absolute atomic E-state index is 6.08. The molecule has 0 aliphatic rings. The van der Waals surface area contributed by atoms with Crippen molar-refractivity contribution in [3.05, 3.63) is 34.7 Å². The number of ether oxygens (including phenoxy) is 1. The van der Waals surface area contributed by atoms with Crippen LogP contribution in [0.4, 0.5) is 0 Å². The Morgan fingerprint density at radius 1 is 1.29 bits per heavy atom. The van der Waals surface area contributed by atoms with E-state index in [1.807, 2.05) is 13.0 Å². The van der Waals surface area contributed by atoms with Crippen molar-refractivity contribution in [3.63, 3.8) is 0 Å². The summed E-state index contributed by atoms with van der Waals surface area (Å²) in [6.45, 7) is 2.47. The van der Waals surface area contributed by atoms with Crippen LogP contribution in [-0.4, -0.2) is 21.8 Å². The fraction of sp³-hybridized carbons (Fsp3) is 0.182. The molecule has 0 N–H and O–H groups in total. The van der Waals surface area contributed by atoms with Gasteiger partial charge in [-0.25, -0.2) is 4.98 Å². The van der Waals surface area contributed by atoms with E-state index in [-0.39, 0.29) is 5.28 Å². The highest BCUT2D eigenvalue weighted by atomic mass is 35.5. The molecule has 4 nitrogen and oxygen atoms in total. The maximum atomic E-state index is 6.08. The number of hydrogen-bond acceptors (Lipinski definition) is 4. The summed E-state index contributed by atoms with van der Waals surface area (Å²) in [4.78, 5) is 4.05. The van der Waals surface area contributed by atoms with Gasteiger partial charge in [-0.05, 0) is 36.7 Å². The second kappa shape index (κ2) is 5.29. The van der Waals surface area contributed by atoms with Gasteiger partial charge in [0.2, 0.25) is 5.28 Å². The molecular formula is C11H9Cl2N3O. The van der Waals surface area contributed by atoms with Gasteiger partial charge in [-0.2, -0.15) is 5.10 Å². The fourth-order valence-electron chi connectivity index (χ4n) is 1.35. The molecule has 1 heterocycles. The van der Waals surface area contributed by atoms with Crippen LogP contribution in [-0.2, 0) is 0 Å². The molecule has 0 amide bonds. The molecule has 1 aromatic carbocycles. The predicted octanol–water partition coefficient (Wildman–Crippen LogP) is 3.24. The molecule has 17 heavy (non-hydrogen) atoms. The molecule has 0 radical (unpaired) electrons. The first-order valence-corrected chi connectivity index (χ1v) is 5.74. The van der Waals surface area contributed by atoms with E-state index in [4.69, 9.17) is 27.9 Å². The van der Waals surface area contributed by atoms with Crippen molar-refractivity contribution in [2.24, 2.45) is 0 Å². The molecule has 0 aliphatic carbocycles. The molecule has 0 aliphatic heterocycles. The Kier molecular flexibility index (Phi) is 3.76. The molecule has 0 unspecified atom stereocenters. The van der Waals surface area contributed by atoms with Crippen LogP contribution < -0.4 is 4.74 Å². The fourth-order valence-corrected chi connectivity index (χ4v) is 1.72. The smallest absolute Gasteiger partial charge is 0.243 e. The molecule has 0 bridgehead atoms. The van der Waals surface area contributed by atoms with Crippen molar-refractivity contribution in [1.82, 2.24) is 15.2 Å². The highest BCUT2D eigenvalue weighted by Crippen LogP contribution is 2.29. The lowest BCUT2D eigenvalue weighted by molar-refractivity contribution is 0.340. The minimum absolute atomic E-state index is 0.104. The summed E-state index contributed by atoms with van der Waals surface area (Å²) in [5.41, 5.74) is 1.44. The number of halogens is 2. The standard InChI is InChI=1S/C11H9Cl2N3O/c1-2-17-10-4-3-7(5-8(10)12)9-6-14-16-11(13)15-9/h3-6H,2H2,1H3. The van der Waals surface area contributed by atoms with E-state index >= 15 is 0 Å². The van der Waals surface area contributed by atoms with Gasteiger partial charge in [-0.3, -0.25) is 0 Å². The molecule has 0 fully saturated rings. The second-order valence-corrected chi connectivity index (χ2v) is 3.93. The van der Waals surface area contributed by atoms with E-state index in [9.17, 15) is 0 Å². The Morgan fingerprint density at radius 2 is 2.12 bits per heavy atom. The van der Waals surface area contributed by atoms with Crippen LogP contribution >= 0.6 is 23.2 Å². The molecule has 2 aromatic rings. The summed E-state index contributed by atoms with van der Waals surface area (Å²) in [6.07, 6.45) is 1.53. The van der Waals surface area contributed by atoms with Gasteiger partial charge >= 0.3 is 0 Å². The first kappa shape index (κ1) is 12.1. The molecule has 1 aromatic heterocycles. The topological polar surface area (TPSA) is 47.9 Å². The minimum Gasteiger partial charge on any atom is -0.492 e. The minimum atomic E-state index is 0.104. The van der Waals surface area contributed by atoms with Crippen LogP contribution in [0.15, 0.2) is 24.4 Å². The first-order chi connectivity index (χ1) is 8.20. The third-order valence-corrected chi connectivity index (χ3v) is 2.52. The van der Waals surface area contributed by atoms with Crippen LogP contribution in [0.25, 0.3) is 11.3 Å². The zero-order chi connectivity index (χ0) is 12.3. The Hall–Kier alpha value is -1.39. The van der Waals surface area contributed by atoms with Crippen molar-refractivity contribution in [2.75, 3.05) is 6.61 Å². The Balaban J connectivity index is 2.37. The molecule has 6 heteroatoms. The SMILES string of the molecule is CCOc1ccc(-c2cnnc(Cl)n2)cc1Cl. The van der Waals surface area contributed by atoms with Gasteiger partial charge in [0.15, 0.2) is 0 Å². The van der Waals surface area contributed by atoms with Gasteiger partial charge in [-0.15, -0.1) is 5.10 Å². The second-order valence-electron chi connectivity index (χ2n) is 3.19. The summed E-state index contributed by atoms with van der Waals surface area (Å²) < 4.78 is 5.34. The summed E-state index contributed by atoms with van der Waals surface area (Å²) in [5.74, 6) is 0.644. The molecule has 0 saturated heterocycles. The lowest BCUT2D eigenvalue weighted by Crippen LogP contribution is -1.93. The zero-order valence-electron chi connectivity index (χ0n) is 9.02. The maximum Gasteiger partial charge on any atom is 0.243 e. The van der Waals surface area contributed by atoms with Crippen LogP contribution in [0.5, 0.6) is 5.75 Å². The lowest BCUT2D eigenvalue weighted by atomic mass is 10.1. The van der Waals surface area contributed by atoms with Gasteiger partial charge in [0.05, 0.1) is 23.5 Å². The number of rotatable bonds is 3. The Bertz CT molecular complexity index is 534. The van der Waals surface area contributed by atoms with Crippen LogP contribution in [0.1, 0.15) is 6.92 Å². The van der Waals surface area contributed by atoms with E-state index in [0.717, 1.165) is 5.56 Å². The van der Waals surface area contributed by atoms with Crippen LogP contribution in [0, 0.1) is 0 Å². The molecule has 0 spiro atoms. The molecule has 0 atom stereocenters. The first-order valence-electron chi connectivity index (χ1n) is 4.98. The van der Waals surface area contributed by atoms with E-state index < -0.39 is 0 Å². The average molecular weight is 270 g/mol. The quantitative estimate of drug-likeness (QED) is 0.858. The zero-order valence-corrected chi connectivity index (χ0v) is 10.5. The summed E-state index contributed by atoms with van der Waals surface area (Å²) in [7, 11) is 0. The molecule has 0 saturated carbocycles. The molecule has 88 valence electrons. The van der Waals surface area contributed by atoms with Crippen LogP contribution in [0.2, 0.25) is 10.3 Å². The van der Waals surface area contributed by atoms with E-state index in [2.05, 4.69) is 15.2 Å². The molecule has 2 rings (SSSR count). The highest BCUT2D eigenvalue weighted by molar-refractivity contribution is 6.32. The van der Waals surface area contributed by atoms with Crippen molar-refractivity contribution in [3.8, 4) is 17.0 Å². The largest absolute Gasteiger partial charge is 0.492 e. The van der Waals surface area contributed by atoms with E-state index in [0.29, 0.717) is 23.1 Å². The predicted molar refractivity (Wildman–Crippen MR) is 66.5 cm³/mol. The average Bonchev–Trinajstić information content (AvgIpc) is 2.32. The number of benzene rings is 1. The van der Waals surface area contributed by atoms with Gasteiger partial charge < -0.3 is 4.74 Å². The Morgan fingerprint density at radius 3 is 2.76 bits per heavy atom. The highest BCUT2D eigenvalue weighted by Gasteiger charge is 2.06. The van der Waals surface area contributed by atoms with Gasteiger partial charge in [-0.1, -0.05) is 11.6 Å². The monoisotopic (exact) mass is 269 g/mol. The molecular weight excluding hydrogens is 261 g/mol. The third kappa shape index (κ3) is 2.84. The van der Waals surface area contributed by atoms with E-state index in [1.54, 1.807) is 12.1 Å². The summed E-state index contributed by atoms with van der Waals surface area (Å²) >= 11 is 11.7. The van der Waals surface area contributed by atoms with Gasteiger partial charge in [0, 0.05) is 5.56 Å².